The van der Waals surface area contributed by atoms with Crippen LogP contribution in [0, 0.1) is 6.92 Å². The smallest absolute Gasteiger partial charge is 0.0825 e. The summed E-state index contributed by atoms with van der Waals surface area (Å²) >= 11 is 0. The van der Waals surface area contributed by atoms with Gasteiger partial charge in [0.05, 0.1) is 5.60 Å². The first-order valence-corrected chi connectivity index (χ1v) is 7.05. The predicted molar refractivity (Wildman–Crippen MR) is 79.7 cm³/mol. The van der Waals surface area contributed by atoms with Crippen LogP contribution in [-0.2, 0) is 6.42 Å². The molecule has 18 heavy (non-hydrogen) atoms. The summed E-state index contributed by atoms with van der Waals surface area (Å²) in [7, 11) is 0. The zero-order valence-corrected chi connectivity index (χ0v) is 12.2. The van der Waals surface area contributed by atoms with E-state index in [0.29, 0.717) is 0 Å². The summed E-state index contributed by atoms with van der Waals surface area (Å²) in [5.74, 6) is 0. The minimum absolute atomic E-state index is 0.658. The average Bonchev–Trinajstić information content (AvgIpc) is 2.38. The maximum absolute atomic E-state index is 10.2. The second kappa shape index (κ2) is 6.75. The summed E-state index contributed by atoms with van der Waals surface area (Å²) < 4.78 is 0. The van der Waals surface area contributed by atoms with Crippen molar-refractivity contribution in [1.82, 2.24) is 0 Å². The second-order valence-electron chi connectivity index (χ2n) is 5.08. The van der Waals surface area contributed by atoms with Crippen molar-refractivity contribution in [2.75, 3.05) is 0 Å². The van der Waals surface area contributed by atoms with Crippen molar-refractivity contribution in [3.8, 4) is 0 Å². The Bertz CT molecular complexity index is 400. The molecule has 0 spiro atoms. The highest BCUT2D eigenvalue weighted by atomic mass is 16.3. The van der Waals surface area contributed by atoms with E-state index >= 15 is 0 Å². The third-order valence-electron chi connectivity index (χ3n) is 3.67. The van der Waals surface area contributed by atoms with Gasteiger partial charge < -0.3 is 5.11 Å². The zero-order valence-electron chi connectivity index (χ0n) is 12.2. The van der Waals surface area contributed by atoms with E-state index in [4.69, 9.17) is 0 Å². The quantitative estimate of drug-likeness (QED) is 0.783. The van der Waals surface area contributed by atoms with Gasteiger partial charge in [-0.25, -0.2) is 0 Å². The van der Waals surface area contributed by atoms with Crippen LogP contribution in [0.4, 0.5) is 0 Å². The molecule has 0 unspecified atom stereocenters. The lowest BCUT2D eigenvalue weighted by molar-refractivity contribution is 0.0836. The molecule has 0 saturated heterocycles. The molecule has 0 aliphatic carbocycles. The third kappa shape index (κ3) is 3.99. The van der Waals surface area contributed by atoms with Gasteiger partial charge in [0, 0.05) is 0 Å². The van der Waals surface area contributed by atoms with Crippen LogP contribution in [-0.4, -0.2) is 10.7 Å². The van der Waals surface area contributed by atoms with E-state index in [1.54, 1.807) is 0 Å². The van der Waals surface area contributed by atoms with E-state index < -0.39 is 5.60 Å². The number of hydrogen-bond donors (Lipinski definition) is 1. The van der Waals surface area contributed by atoms with Crippen LogP contribution < -0.4 is 0 Å². The van der Waals surface area contributed by atoms with Gasteiger partial charge >= 0.3 is 0 Å². The summed E-state index contributed by atoms with van der Waals surface area (Å²) in [6.07, 6.45) is 7.82. The Balaban J connectivity index is 2.88. The van der Waals surface area contributed by atoms with Crippen molar-refractivity contribution >= 4 is 6.08 Å². The van der Waals surface area contributed by atoms with Crippen molar-refractivity contribution in [2.45, 2.75) is 59.0 Å². The summed E-state index contributed by atoms with van der Waals surface area (Å²) in [4.78, 5) is 0. The maximum atomic E-state index is 10.2. The highest BCUT2D eigenvalue weighted by molar-refractivity contribution is 5.55. The number of hydrogen-bond acceptors (Lipinski definition) is 1. The van der Waals surface area contributed by atoms with Crippen LogP contribution in [0.25, 0.3) is 6.08 Å². The lowest BCUT2D eigenvalue weighted by atomic mass is 9.95. The Hall–Kier alpha value is -1.08. The highest BCUT2D eigenvalue weighted by Crippen LogP contribution is 2.20. The first kappa shape index (κ1) is 15.0. The lowest BCUT2D eigenvalue weighted by Crippen LogP contribution is -2.22. The number of rotatable bonds is 6. The summed E-state index contributed by atoms with van der Waals surface area (Å²) in [5.41, 5.74) is 3.23. The maximum Gasteiger partial charge on any atom is 0.0825 e. The van der Waals surface area contributed by atoms with E-state index in [9.17, 15) is 5.11 Å². The number of aryl methyl sites for hydroxylation is 2. The molecule has 0 radical (unpaired) electrons. The second-order valence-corrected chi connectivity index (χ2v) is 5.08. The van der Waals surface area contributed by atoms with Crippen molar-refractivity contribution in [1.29, 1.82) is 0 Å². The monoisotopic (exact) mass is 246 g/mol. The molecule has 0 aromatic heterocycles. The molecular formula is C17H26O. The van der Waals surface area contributed by atoms with Crippen LogP contribution >= 0.6 is 0 Å². The molecule has 1 nitrogen and oxygen atoms in total. The normalized spacial score (nSPS) is 12.3. The van der Waals surface area contributed by atoms with Crippen molar-refractivity contribution in [3.63, 3.8) is 0 Å². The molecule has 1 aromatic carbocycles. The first-order chi connectivity index (χ1) is 8.54. The minimum atomic E-state index is -0.658. The Kier molecular flexibility index (Phi) is 5.61. The molecule has 0 heterocycles. The lowest BCUT2D eigenvalue weighted by Gasteiger charge is -2.20. The van der Waals surface area contributed by atoms with Gasteiger partial charge in [0.1, 0.15) is 0 Å². The fraction of sp³-hybridized carbons (Fsp3) is 0.529. The van der Waals surface area contributed by atoms with Gasteiger partial charge in [0.15, 0.2) is 0 Å². The van der Waals surface area contributed by atoms with E-state index in [0.717, 1.165) is 19.3 Å². The molecule has 0 aliphatic rings. The molecule has 1 N–H and O–H groups in total. The van der Waals surface area contributed by atoms with E-state index in [1.807, 2.05) is 19.9 Å². The molecule has 100 valence electrons. The van der Waals surface area contributed by atoms with Crippen LogP contribution in [0.5, 0.6) is 0 Å². The zero-order chi connectivity index (χ0) is 13.6. The average molecular weight is 246 g/mol. The van der Waals surface area contributed by atoms with Gasteiger partial charge in [-0.15, -0.1) is 0 Å². The molecule has 0 saturated carbocycles. The summed E-state index contributed by atoms with van der Waals surface area (Å²) in [6, 6.07) is 6.59. The van der Waals surface area contributed by atoms with Gasteiger partial charge in [-0.1, -0.05) is 57.5 Å². The summed E-state index contributed by atoms with van der Waals surface area (Å²) in [5, 5.41) is 10.2. The molecule has 1 rings (SSSR count). The predicted octanol–water partition coefficient (Wildman–Crippen LogP) is 4.51. The Morgan fingerprint density at radius 2 is 1.83 bits per heavy atom. The van der Waals surface area contributed by atoms with Crippen LogP contribution in [0.2, 0.25) is 0 Å². The fourth-order valence-electron chi connectivity index (χ4n) is 2.10. The standard InChI is InChI=1S/C17H26O/c1-5-8-15-9-10-16(14(4)13-15)11-12-17(18,6-2)7-3/h9-13,18H,5-8H2,1-4H3/b12-11+. The largest absolute Gasteiger partial charge is 0.386 e. The van der Waals surface area contributed by atoms with Gasteiger partial charge in [-0.3, -0.25) is 0 Å². The van der Waals surface area contributed by atoms with Gasteiger partial charge in [0.25, 0.3) is 0 Å². The molecule has 0 amide bonds. The van der Waals surface area contributed by atoms with E-state index in [2.05, 4.69) is 38.1 Å². The SMILES string of the molecule is CCCc1ccc(/C=C/C(O)(CC)CC)c(C)c1. The van der Waals surface area contributed by atoms with Crippen LogP contribution in [0.3, 0.4) is 0 Å². The Labute approximate surface area is 112 Å². The topological polar surface area (TPSA) is 20.2 Å². The number of aliphatic hydroxyl groups is 1. The highest BCUT2D eigenvalue weighted by Gasteiger charge is 2.17. The molecule has 1 heteroatoms. The van der Waals surface area contributed by atoms with Crippen molar-refractivity contribution in [2.24, 2.45) is 0 Å². The third-order valence-corrected chi connectivity index (χ3v) is 3.67. The molecule has 0 fully saturated rings. The Morgan fingerprint density at radius 1 is 1.17 bits per heavy atom. The van der Waals surface area contributed by atoms with Gasteiger partial charge in [-0.2, -0.15) is 0 Å². The van der Waals surface area contributed by atoms with Crippen LogP contribution in [0.15, 0.2) is 24.3 Å². The Morgan fingerprint density at radius 3 is 2.33 bits per heavy atom. The van der Waals surface area contributed by atoms with E-state index in [1.165, 1.54) is 23.1 Å². The summed E-state index contributed by atoms with van der Waals surface area (Å²) in [6.45, 7) is 8.37. The van der Waals surface area contributed by atoms with Gasteiger partial charge in [-0.05, 0) is 42.9 Å². The minimum Gasteiger partial charge on any atom is -0.386 e. The molecule has 0 bridgehead atoms. The van der Waals surface area contributed by atoms with Gasteiger partial charge in [0.2, 0.25) is 0 Å². The van der Waals surface area contributed by atoms with Crippen LogP contribution in [0.1, 0.15) is 56.7 Å². The molecular weight excluding hydrogens is 220 g/mol. The number of benzene rings is 1. The van der Waals surface area contributed by atoms with Crippen molar-refractivity contribution < 1.29 is 5.11 Å². The van der Waals surface area contributed by atoms with E-state index in [-0.39, 0.29) is 0 Å². The first-order valence-electron chi connectivity index (χ1n) is 7.05. The van der Waals surface area contributed by atoms with Crippen molar-refractivity contribution in [3.05, 3.63) is 41.0 Å². The fourth-order valence-corrected chi connectivity index (χ4v) is 2.10. The molecule has 0 aliphatic heterocycles. The molecule has 0 atom stereocenters. The molecule has 1 aromatic rings.